The molecular formula is C11H21N. The smallest absolute Gasteiger partial charge is 0.00169 e. The van der Waals surface area contributed by atoms with Crippen LogP contribution in [0.25, 0.3) is 0 Å². The van der Waals surface area contributed by atoms with Gasteiger partial charge in [0, 0.05) is 6.54 Å². The minimum absolute atomic E-state index is 0.589. The Hall–Kier alpha value is -0.560. The SMILES string of the molecule is C=C(C(C)=CC)C(CC)CNC. The molecule has 0 aromatic carbocycles. The Labute approximate surface area is 76.6 Å². The number of hydrogen-bond donors (Lipinski definition) is 1. The van der Waals surface area contributed by atoms with Gasteiger partial charge in [-0.2, -0.15) is 0 Å². The van der Waals surface area contributed by atoms with Crippen molar-refractivity contribution in [2.45, 2.75) is 27.2 Å². The second-order valence-corrected chi connectivity index (χ2v) is 3.16. The molecule has 0 aromatic rings. The first-order valence-corrected chi connectivity index (χ1v) is 4.64. The molecule has 12 heavy (non-hydrogen) atoms. The van der Waals surface area contributed by atoms with Crippen molar-refractivity contribution in [1.29, 1.82) is 0 Å². The third kappa shape index (κ3) is 3.22. The van der Waals surface area contributed by atoms with Crippen molar-refractivity contribution in [3.8, 4) is 0 Å². The van der Waals surface area contributed by atoms with Gasteiger partial charge in [0.25, 0.3) is 0 Å². The lowest BCUT2D eigenvalue weighted by Crippen LogP contribution is -2.20. The Morgan fingerprint density at radius 3 is 2.50 bits per heavy atom. The van der Waals surface area contributed by atoms with Crippen LogP contribution in [0.2, 0.25) is 0 Å². The fourth-order valence-corrected chi connectivity index (χ4v) is 1.27. The molecule has 0 bridgehead atoms. The summed E-state index contributed by atoms with van der Waals surface area (Å²) in [4.78, 5) is 0. The maximum Gasteiger partial charge on any atom is 0.00169 e. The maximum atomic E-state index is 4.11. The quantitative estimate of drug-likeness (QED) is 0.621. The van der Waals surface area contributed by atoms with Crippen LogP contribution in [0.4, 0.5) is 0 Å². The van der Waals surface area contributed by atoms with Crippen molar-refractivity contribution in [2.24, 2.45) is 5.92 Å². The van der Waals surface area contributed by atoms with E-state index in [4.69, 9.17) is 0 Å². The van der Waals surface area contributed by atoms with E-state index in [0.29, 0.717) is 5.92 Å². The number of nitrogens with one attached hydrogen (secondary N) is 1. The van der Waals surface area contributed by atoms with E-state index in [0.717, 1.165) is 13.0 Å². The molecule has 0 saturated carbocycles. The molecule has 70 valence electrons. The highest BCUT2D eigenvalue weighted by atomic mass is 14.8. The van der Waals surface area contributed by atoms with Gasteiger partial charge in [-0.15, -0.1) is 0 Å². The topological polar surface area (TPSA) is 12.0 Å². The van der Waals surface area contributed by atoms with Gasteiger partial charge in [-0.1, -0.05) is 25.2 Å². The van der Waals surface area contributed by atoms with E-state index in [1.54, 1.807) is 0 Å². The maximum absolute atomic E-state index is 4.11. The minimum Gasteiger partial charge on any atom is -0.319 e. The number of hydrogen-bond acceptors (Lipinski definition) is 1. The summed E-state index contributed by atoms with van der Waals surface area (Å²) in [6.07, 6.45) is 3.28. The molecule has 0 fully saturated rings. The van der Waals surface area contributed by atoms with Crippen molar-refractivity contribution in [1.82, 2.24) is 5.32 Å². The molecule has 0 aliphatic heterocycles. The van der Waals surface area contributed by atoms with E-state index in [-0.39, 0.29) is 0 Å². The summed E-state index contributed by atoms with van der Waals surface area (Å²) in [5.74, 6) is 0.589. The van der Waals surface area contributed by atoms with Gasteiger partial charge in [0.15, 0.2) is 0 Å². The number of allylic oxidation sites excluding steroid dienone is 2. The largest absolute Gasteiger partial charge is 0.319 e. The molecule has 1 N–H and O–H groups in total. The highest BCUT2D eigenvalue weighted by Gasteiger charge is 2.09. The van der Waals surface area contributed by atoms with E-state index in [2.05, 4.69) is 38.7 Å². The van der Waals surface area contributed by atoms with Crippen molar-refractivity contribution in [2.75, 3.05) is 13.6 Å². The van der Waals surface area contributed by atoms with E-state index in [1.807, 2.05) is 7.05 Å². The molecule has 1 unspecified atom stereocenters. The predicted octanol–water partition coefficient (Wildman–Crippen LogP) is 2.75. The highest BCUT2D eigenvalue weighted by Crippen LogP contribution is 2.19. The van der Waals surface area contributed by atoms with Crippen LogP contribution in [0.15, 0.2) is 23.8 Å². The monoisotopic (exact) mass is 167 g/mol. The Balaban J connectivity index is 4.21. The summed E-state index contributed by atoms with van der Waals surface area (Å²) in [5.41, 5.74) is 2.59. The second-order valence-electron chi connectivity index (χ2n) is 3.16. The van der Waals surface area contributed by atoms with Crippen molar-refractivity contribution < 1.29 is 0 Å². The molecule has 1 nitrogen and oxygen atoms in total. The molecule has 1 atom stereocenters. The van der Waals surface area contributed by atoms with Gasteiger partial charge in [0.05, 0.1) is 0 Å². The van der Waals surface area contributed by atoms with Crippen molar-refractivity contribution in [3.63, 3.8) is 0 Å². The van der Waals surface area contributed by atoms with Crippen LogP contribution in [0.1, 0.15) is 27.2 Å². The van der Waals surface area contributed by atoms with Crippen LogP contribution >= 0.6 is 0 Å². The Morgan fingerprint density at radius 2 is 2.17 bits per heavy atom. The van der Waals surface area contributed by atoms with Crippen molar-refractivity contribution in [3.05, 3.63) is 23.8 Å². The normalized spacial score (nSPS) is 14.5. The molecule has 0 amide bonds. The zero-order chi connectivity index (χ0) is 9.56. The third-order valence-corrected chi connectivity index (χ3v) is 2.38. The van der Waals surface area contributed by atoms with Crippen LogP contribution in [0.5, 0.6) is 0 Å². The second kappa shape index (κ2) is 6.01. The van der Waals surface area contributed by atoms with E-state index in [1.165, 1.54) is 11.1 Å². The highest BCUT2D eigenvalue weighted by molar-refractivity contribution is 5.28. The van der Waals surface area contributed by atoms with Crippen molar-refractivity contribution >= 4 is 0 Å². The van der Waals surface area contributed by atoms with Gasteiger partial charge in [0.2, 0.25) is 0 Å². The van der Waals surface area contributed by atoms with E-state index < -0.39 is 0 Å². The summed E-state index contributed by atoms with van der Waals surface area (Å²) in [7, 11) is 1.99. The van der Waals surface area contributed by atoms with E-state index >= 15 is 0 Å². The minimum atomic E-state index is 0.589. The lowest BCUT2D eigenvalue weighted by atomic mass is 9.92. The zero-order valence-electron chi connectivity index (χ0n) is 8.78. The first-order chi connectivity index (χ1) is 5.67. The molecule has 0 aromatic heterocycles. The van der Waals surface area contributed by atoms with Crippen LogP contribution < -0.4 is 5.32 Å². The molecule has 0 aliphatic rings. The average molecular weight is 167 g/mol. The molecule has 0 heterocycles. The van der Waals surface area contributed by atoms with Crippen LogP contribution in [-0.4, -0.2) is 13.6 Å². The summed E-state index contributed by atoms with van der Waals surface area (Å²) >= 11 is 0. The predicted molar refractivity (Wildman–Crippen MR) is 56.3 cm³/mol. The standard InChI is InChI=1S/C11H21N/c1-6-9(3)10(4)11(7-2)8-12-5/h6,11-12H,4,7-8H2,1-3,5H3. The Morgan fingerprint density at radius 1 is 1.58 bits per heavy atom. The summed E-state index contributed by atoms with van der Waals surface area (Å²) in [6.45, 7) is 11.5. The summed E-state index contributed by atoms with van der Waals surface area (Å²) < 4.78 is 0. The van der Waals surface area contributed by atoms with Crippen LogP contribution in [0, 0.1) is 5.92 Å². The average Bonchev–Trinajstić information content (AvgIpc) is 2.11. The first-order valence-electron chi connectivity index (χ1n) is 4.64. The van der Waals surface area contributed by atoms with Gasteiger partial charge in [-0.05, 0) is 38.8 Å². The summed E-state index contributed by atoms with van der Waals surface area (Å²) in [6, 6.07) is 0. The molecule has 1 heteroatoms. The Kier molecular flexibility index (Phi) is 5.73. The van der Waals surface area contributed by atoms with Gasteiger partial charge in [-0.3, -0.25) is 0 Å². The molecule has 0 radical (unpaired) electrons. The van der Waals surface area contributed by atoms with Crippen LogP contribution in [0.3, 0.4) is 0 Å². The molecular weight excluding hydrogens is 146 g/mol. The molecule has 0 spiro atoms. The third-order valence-electron chi connectivity index (χ3n) is 2.38. The summed E-state index contributed by atoms with van der Waals surface area (Å²) in [5, 5.41) is 3.19. The van der Waals surface area contributed by atoms with Gasteiger partial charge >= 0.3 is 0 Å². The Bertz CT molecular complexity index is 168. The lowest BCUT2D eigenvalue weighted by molar-refractivity contribution is 0.558. The lowest BCUT2D eigenvalue weighted by Gasteiger charge is -2.17. The van der Waals surface area contributed by atoms with Gasteiger partial charge < -0.3 is 5.32 Å². The molecule has 0 saturated heterocycles. The molecule has 0 aliphatic carbocycles. The van der Waals surface area contributed by atoms with Crippen LogP contribution in [-0.2, 0) is 0 Å². The van der Waals surface area contributed by atoms with E-state index in [9.17, 15) is 0 Å². The van der Waals surface area contributed by atoms with Gasteiger partial charge in [0.1, 0.15) is 0 Å². The fraction of sp³-hybridized carbons (Fsp3) is 0.636. The number of rotatable bonds is 5. The zero-order valence-corrected chi connectivity index (χ0v) is 8.78. The molecule has 0 rings (SSSR count). The van der Waals surface area contributed by atoms with Gasteiger partial charge in [-0.25, -0.2) is 0 Å². The fourth-order valence-electron chi connectivity index (χ4n) is 1.27. The first kappa shape index (κ1) is 11.4.